The van der Waals surface area contributed by atoms with Gasteiger partial charge in [0.15, 0.2) is 11.5 Å². The number of likely N-dealkylation sites (tertiary alicyclic amines) is 1. The highest BCUT2D eigenvalue weighted by Gasteiger charge is 2.33. The van der Waals surface area contributed by atoms with Crippen molar-refractivity contribution in [2.75, 3.05) is 47.5 Å². The first-order chi connectivity index (χ1) is 13.6. The molecule has 3 rings (SSSR count). The van der Waals surface area contributed by atoms with Gasteiger partial charge in [-0.2, -0.15) is 0 Å². The molecule has 1 saturated heterocycles. The number of benzene rings is 1. The summed E-state index contributed by atoms with van der Waals surface area (Å²) in [7, 11) is 4.60. The Hall–Kier alpha value is -2.28. The number of hydrogen-bond acceptors (Lipinski definition) is 6. The molecular formula is C21H30N2O5. The first-order valence-electron chi connectivity index (χ1n) is 9.90. The Morgan fingerprint density at radius 2 is 1.68 bits per heavy atom. The minimum Gasteiger partial charge on any atom is -0.493 e. The van der Waals surface area contributed by atoms with Crippen LogP contribution in [0, 0.1) is 0 Å². The van der Waals surface area contributed by atoms with E-state index >= 15 is 0 Å². The minimum atomic E-state index is -0.289. The number of nitrogens with zero attached hydrogens (tertiary/aromatic N) is 2. The van der Waals surface area contributed by atoms with Gasteiger partial charge in [-0.3, -0.25) is 14.5 Å². The number of esters is 1. The van der Waals surface area contributed by atoms with Gasteiger partial charge in [-0.05, 0) is 48.9 Å². The lowest BCUT2D eigenvalue weighted by Gasteiger charge is -2.38. The SMILES string of the molecule is COC(=O)CC1c2cc(OC)c(OC)cc2CCN1CC(=O)N1CCCCC1. The van der Waals surface area contributed by atoms with Crippen molar-refractivity contribution >= 4 is 11.9 Å². The zero-order valence-corrected chi connectivity index (χ0v) is 17.0. The summed E-state index contributed by atoms with van der Waals surface area (Å²) in [5, 5.41) is 0. The molecule has 7 heteroatoms. The second kappa shape index (κ2) is 9.28. The van der Waals surface area contributed by atoms with Crippen molar-refractivity contribution in [3.8, 4) is 11.5 Å². The van der Waals surface area contributed by atoms with E-state index in [2.05, 4.69) is 4.90 Å². The van der Waals surface area contributed by atoms with Crippen molar-refractivity contribution < 1.29 is 23.8 Å². The molecule has 2 aliphatic heterocycles. The molecule has 1 aromatic rings. The maximum atomic E-state index is 12.8. The fourth-order valence-electron chi connectivity index (χ4n) is 4.17. The van der Waals surface area contributed by atoms with Crippen LogP contribution >= 0.6 is 0 Å². The summed E-state index contributed by atoms with van der Waals surface area (Å²) in [5.41, 5.74) is 2.12. The number of carbonyl (C=O) groups excluding carboxylic acids is 2. The lowest BCUT2D eigenvalue weighted by Crippen LogP contribution is -2.46. The Balaban J connectivity index is 1.86. The Kier molecular flexibility index (Phi) is 6.78. The average molecular weight is 390 g/mol. The van der Waals surface area contributed by atoms with Gasteiger partial charge in [0.2, 0.25) is 5.91 Å². The maximum absolute atomic E-state index is 12.8. The van der Waals surface area contributed by atoms with Gasteiger partial charge >= 0.3 is 5.97 Å². The number of fused-ring (bicyclic) bond motifs is 1. The standard InChI is InChI=1S/C21H30N2O5/c1-26-18-11-15-7-10-23(14-20(24)22-8-5-4-6-9-22)17(13-21(25)28-3)16(15)12-19(18)27-2/h11-12,17H,4-10,13-14H2,1-3H3. The molecule has 0 radical (unpaired) electrons. The third kappa shape index (κ3) is 4.41. The molecule has 154 valence electrons. The fourth-order valence-corrected chi connectivity index (χ4v) is 4.17. The first kappa shape index (κ1) is 20.5. The summed E-state index contributed by atoms with van der Waals surface area (Å²) in [4.78, 5) is 29.0. The zero-order valence-electron chi connectivity index (χ0n) is 17.0. The first-order valence-corrected chi connectivity index (χ1v) is 9.90. The highest BCUT2D eigenvalue weighted by Crippen LogP contribution is 2.39. The second-order valence-corrected chi connectivity index (χ2v) is 7.36. The van der Waals surface area contributed by atoms with Crippen LogP contribution in [-0.4, -0.2) is 69.2 Å². The monoisotopic (exact) mass is 390 g/mol. The van der Waals surface area contributed by atoms with Gasteiger partial charge in [-0.15, -0.1) is 0 Å². The van der Waals surface area contributed by atoms with Crippen LogP contribution in [0.5, 0.6) is 11.5 Å². The van der Waals surface area contributed by atoms with E-state index in [9.17, 15) is 9.59 Å². The lowest BCUT2D eigenvalue weighted by atomic mass is 9.90. The number of carbonyl (C=O) groups is 2. The normalized spacial score (nSPS) is 19.7. The van der Waals surface area contributed by atoms with Crippen LogP contribution in [-0.2, 0) is 20.7 Å². The molecule has 1 aromatic carbocycles. The van der Waals surface area contributed by atoms with Crippen LogP contribution in [0.15, 0.2) is 12.1 Å². The smallest absolute Gasteiger partial charge is 0.307 e. The molecule has 7 nitrogen and oxygen atoms in total. The Labute approximate surface area is 166 Å². The average Bonchev–Trinajstić information content (AvgIpc) is 2.74. The van der Waals surface area contributed by atoms with E-state index in [1.165, 1.54) is 13.5 Å². The summed E-state index contributed by atoms with van der Waals surface area (Å²) in [6.45, 7) is 2.69. The van der Waals surface area contributed by atoms with E-state index in [0.29, 0.717) is 24.6 Å². The molecule has 0 saturated carbocycles. The number of methoxy groups -OCH3 is 3. The predicted molar refractivity (Wildman–Crippen MR) is 105 cm³/mol. The summed E-state index contributed by atoms with van der Waals surface area (Å²) in [6, 6.07) is 3.69. The van der Waals surface area contributed by atoms with Crippen LogP contribution in [0.2, 0.25) is 0 Å². The Bertz CT molecular complexity index is 715. The molecule has 0 N–H and O–H groups in total. The number of hydrogen-bond donors (Lipinski definition) is 0. The summed E-state index contributed by atoms with van der Waals surface area (Å²) >= 11 is 0. The Morgan fingerprint density at radius 1 is 1.00 bits per heavy atom. The van der Waals surface area contributed by atoms with E-state index < -0.39 is 0 Å². The summed E-state index contributed by atoms with van der Waals surface area (Å²) < 4.78 is 15.8. The van der Waals surface area contributed by atoms with Crippen molar-refractivity contribution in [3.63, 3.8) is 0 Å². The van der Waals surface area contributed by atoms with E-state index in [1.54, 1.807) is 14.2 Å². The van der Waals surface area contributed by atoms with Gasteiger partial charge in [0.05, 0.1) is 34.3 Å². The predicted octanol–water partition coefficient (Wildman–Crippen LogP) is 2.18. The van der Waals surface area contributed by atoms with Crippen molar-refractivity contribution in [2.24, 2.45) is 0 Å². The van der Waals surface area contributed by atoms with Gasteiger partial charge in [0.25, 0.3) is 0 Å². The largest absolute Gasteiger partial charge is 0.493 e. The molecule has 2 heterocycles. The molecular weight excluding hydrogens is 360 g/mol. The zero-order chi connectivity index (χ0) is 20.1. The number of ether oxygens (including phenoxy) is 3. The topological polar surface area (TPSA) is 68.3 Å². The van der Waals surface area contributed by atoms with Crippen LogP contribution in [0.1, 0.15) is 42.9 Å². The van der Waals surface area contributed by atoms with Crippen molar-refractivity contribution in [1.29, 1.82) is 0 Å². The number of amides is 1. The summed E-state index contributed by atoms with van der Waals surface area (Å²) in [5.74, 6) is 1.15. The van der Waals surface area contributed by atoms with Crippen molar-refractivity contribution in [1.82, 2.24) is 9.80 Å². The second-order valence-electron chi connectivity index (χ2n) is 7.36. The minimum absolute atomic E-state index is 0.137. The lowest BCUT2D eigenvalue weighted by molar-refractivity contribution is -0.143. The van der Waals surface area contributed by atoms with E-state index in [-0.39, 0.29) is 24.3 Å². The van der Waals surface area contributed by atoms with Crippen molar-refractivity contribution in [3.05, 3.63) is 23.3 Å². The molecule has 1 atom stereocenters. The fraction of sp³-hybridized carbons (Fsp3) is 0.619. The quantitative estimate of drug-likeness (QED) is 0.694. The third-order valence-corrected chi connectivity index (χ3v) is 5.75. The third-order valence-electron chi connectivity index (χ3n) is 5.75. The van der Waals surface area contributed by atoms with E-state index in [1.807, 2.05) is 17.0 Å². The van der Waals surface area contributed by atoms with Gasteiger partial charge < -0.3 is 19.1 Å². The van der Waals surface area contributed by atoms with Gasteiger partial charge in [-0.25, -0.2) is 0 Å². The number of rotatable bonds is 6. The molecule has 0 bridgehead atoms. The van der Waals surface area contributed by atoms with Gasteiger partial charge in [0, 0.05) is 25.7 Å². The van der Waals surface area contributed by atoms with Crippen LogP contribution in [0.3, 0.4) is 0 Å². The highest BCUT2D eigenvalue weighted by atomic mass is 16.5. The molecule has 1 fully saturated rings. The van der Waals surface area contributed by atoms with Crippen LogP contribution in [0.4, 0.5) is 0 Å². The molecule has 0 aromatic heterocycles. The number of piperidine rings is 1. The van der Waals surface area contributed by atoms with E-state index in [4.69, 9.17) is 14.2 Å². The molecule has 28 heavy (non-hydrogen) atoms. The highest BCUT2D eigenvalue weighted by molar-refractivity contribution is 5.78. The molecule has 0 aliphatic carbocycles. The maximum Gasteiger partial charge on any atom is 0.307 e. The van der Waals surface area contributed by atoms with Crippen molar-refractivity contribution in [2.45, 2.75) is 38.1 Å². The van der Waals surface area contributed by atoms with Crippen LogP contribution < -0.4 is 9.47 Å². The molecule has 2 aliphatic rings. The molecule has 1 unspecified atom stereocenters. The molecule has 1 amide bonds. The van der Waals surface area contributed by atoms with Gasteiger partial charge in [-0.1, -0.05) is 0 Å². The molecule has 0 spiro atoms. The Morgan fingerprint density at radius 3 is 2.32 bits per heavy atom. The van der Waals surface area contributed by atoms with E-state index in [0.717, 1.165) is 43.5 Å². The summed E-state index contributed by atoms with van der Waals surface area (Å²) in [6.07, 6.45) is 4.31. The van der Waals surface area contributed by atoms with Gasteiger partial charge in [0.1, 0.15) is 0 Å². The van der Waals surface area contributed by atoms with Crippen LogP contribution in [0.25, 0.3) is 0 Å².